The number of urea groups is 1. The summed E-state index contributed by atoms with van der Waals surface area (Å²) in [5.41, 5.74) is 0. The number of piperazine rings is 1. The van der Waals surface area contributed by atoms with E-state index in [4.69, 9.17) is 4.74 Å². The van der Waals surface area contributed by atoms with Gasteiger partial charge >= 0.3 is 6.03 Å². The fourth-order valence-electron chi connectivity index (χ4n) is 2.90. The monoisotopic (exact) mass is 296 g/mol. The van der Waals surface area contributed by atoms with Crippen molar-refractivity contribution in [2.45, 2.75) is 12.6 Å². The Labute approximate surface area is 122 Å². The number of methoxy groups -OCH3 is 1. The van der Waals surface area contributed by atoms with Crippen molar-refractivity contribution in [3.63, 3.8) is 0 Å². The Balaban J connectivity index is 1.57. The Kier molecular flexibility index (Phi) is 4.18. The van der Waals surface area contributed by atoms with Crippen LogP contribution in [0.1, 0.15) is 5.01 Å². The van der Waals surface area contributed by atoms with Gasteiger partial charge in [0.05, 0.1) is 19.2 Å². The molecule has 6 nitrogen and oxygen atoms in total. The van der Waals surface area contributed by atoms with Crippen molar-refractivity contribution in [2.75, 3.05) is 46.4 Å². The number of rotatable bonds is 5. The lowest BCUT2D eigenvalue weighted by atomic mass is 10.2. The van der Waals surface area contributed by atoms with Gasteiger partial charge < -0.3 is 14.5 Å². The third-order valence-corrected chi connectivity index (χ3v) is 4.69. The molecule has 0 N–H and O–H groups in total. The lowest BCUT2D eigenvalue weighted by molar-refractivity contribution is 0.116. The van der Waals surface area contributed by atoms with Gasteiger partial charge in [-0.2, -0.15) is 0 Å². The summed E-state index contributed by atoms with van der Waals surface area (Å²) in [7, 11) is 1.67. The van der Waals surface area contributed by atoms with Gasteiger partial charge in [-0.3, -0.25) is 4.90 Å². The predicted molar refractivity (Wildman–Crippen MR) is 76.7 cm³/mol. The molecule has 3 rings (SSSR count). The molecular formula is C13H20N4O2S. The molecule has 1 unspecified atom stereocenters. The lowest BCUT2D eigenvalue weighted by Crippen LogP contribution is -2.51. The molecule has 1 aromatic heterocycles. The van der Waals surface area contributed by atoms with Gasteiger partial charge in [-0.25, -0.2) is 9.78 Å². The molecule has 2 amide bonds. The smallest absolute Gasteiger partial charge is 0.320 e. The van der Waals surface area contributed by atoms with E-state index in [0.29, 0.717) is 19.2 Å². The van der Waals surface area contributed by atoms with Crippen LogP contribution in [0.2, 0.25) is 0 Å². The Morgan fingerprint density at radius 2 is 2.35 bits per heavy atom. The maximum absolute atomic E-state index is 12.2. The zero-order chi connectivity index (χ0) is 13.9. The first-order chi connectivity index (χ1) is 9.78. The van der Waals surface area contributed by atoms with Crippen molar-refractivity contribution in [1.82, 2.24) is 19.7 Å². The zero-order valence-electron chi connectivity index (χ0n) is 11.7. The van der Waals surface area contributed by atoms with Gasteiger partial charge in [-0.15, -0.1) is 11.3 Å². The third-order valence-electron chi connectivity index (χ3n) is 3.92. The molecule has 0 radical (unpaired) electrons. The highest BCUT2D eigenvalue weighted by Crippen LogP contribution is 2.21. The number of hydrogen-bond donors (Lipinski definition) is 0. The number of fused-ring (bicyclic) bond motifs is 1. The Morgan fingerprint density at radius 3 is 3.10 bits per heavy atom. The summed E-state index contributed by atoms with van der Waals surface area (Å²) in [4.78, 5) is 22.9. The van der Waals surface area contributed by atoms with Crippen molar-refractivity contribution < 1.29 is 9.53 Å². The Morgan fingerprint density at radius 1 is 1.45 bits per heavy atom. The van der Waals surface area contributed by atoms with Gasteiger partial charge in [-0.05, 0) is 0 Å². The van der Waals surface area contributed by atoms with Gasteiger partial charge in [0.25, 0.3) is 0 Å². The quantitative estimate of drug-likeness (QED) is 0.803. The van der Waals surface area contributed by atoms with E-state index in [9.17, 15) is 4.79 Å². The van der Waals surface area contributed by atoms with Crippen molar-refractivity contribution >= 4 is 17.4 Å². The maximum atomic E-state index is 12.2. The molecule has 0 aliphatic carbocycles. The van der Waals surface area contributed by atoms with E-state index in [-0.39, 0.29) is 6.03 Å². The van der Waals surface area contributed by atoms with Gasteiger partial charge in [0.1, 0.15) is 5.01 Å². The minimum Gasteiger partial charge on any atom is -0.383 e. The van der Waals surface area contributed by atoms with Crippen molar-refractivity contribution in [1.29, 1.82) is 0 Å². The van der Waals surface area contributed by atoms with Gasteiger partial charge in [0, 0.05) is 51.4 Å². The number of nitrogens with zero attached hydrogens (tertiary/aromatic N) is 4. The van der Waals surface area contributed by atoms with Crippen LogP contribution in [0.25, 0.3) is 0 Å². The summed E-state index contributed by atoms with van der Waals surface area (Å²) >= 11 is 1.69. The van der Waals surface area contributed by atoms with E-state index < -0.39 is 0 Å². The minimum absolute atomic E-state index is 0.168. The molecule has 20 heavy (non-hydrogen) atoms. The second kappa shape index (κ2) is 6.07. The van der Waals surface area contributed by atoms with Crippen LogP contribution in [0.3, 0.4) is 0 Å². The fourth-order valence-corrected chi connectivity index (χ4v) is 3.55. The highest BCUT2D eigenvalue weighted by molar-refractivity contribution is 7.09. The van der Waals surface area contributed by atoms with Gasteiger partial charge in [-0.1, -0.05) is 0 Å². The van der Waals surface area contributed by atoms with Gasteiger partial charge in [0.15, 0.2) is 0 Å². The lowest BCUT2D eigenvalue weighted by Gasteiger charge is -2.35. The number of hydrogen-bond acceptors (Lipinski definition) is 5. The molecule has 0 bridgehead atoms. The predicted octanol–water partition coefficient (Wildman–Crippen LogP) is 0.711. The molecule has 0 saturated carbocycles. The second-order valence-corrected chi connectivity index (χ2v) is 6.21. The summed E-state index contributed by atoms with van der Waals surface area (Å²) in [6, 6.07) is 0.481. The van der Waals surface area contributed by atoms with Crippen LogP contribution < -0.4 is 0 Å². The zero-order valence-corrected chi connectivity index (χ0v) is 12.5. The third kappa shape index (κ3) is 2.79. The van der Waals surface area contributed by atoms with Crippen LogP contribution in [-0.2, 0) is 11.3 Å². The number of aromatic nitrogens is 1. The molecule has 2 aliphatic rings. The largest absolute Gasteiger partial charge is 0.383 e. The minimum atomic E-state index is 0.168. The molecule has 0 aromatic carbocycles. The van der Waals surface area contributed by atoms with Crippen LogP contribution in [0.5, 0.6) is 0 Å². The number of ether oxygens (including phenoxy) is 1. The first-order valence-corrected chi connectivity index (χ1v) is 7.81. The molecule has 0 spiro atoms. The topological polar surface area (TPSA) is 48.9 Å². The summed E-state index contributed by atoms with van der Waals surface area (Å²) in [5, 5.41) is 3.16. The molecule has 2 saturated heterocycles. The first-order valence-electron chi connectivity index (χ1n) is 6.93. The normalized spacial score (nSPS) is 23.4. The number of amides is 2. The fraction of sp³-hybridized carbons (Fsp3) is 0.692. The number of thiazole rings is 1. The maximum Gasteiger partial charge on any atom is 0.320 e. The van der Waals surface area contributed by atoms with E-state index in [1.165, 1.54) is 0 Å². The second-order valence-electron chi connectivity index (χ2n) is 5.23. The Hall–Kier alpha value is -1.18. The highest BCUT2D eigenvalue weighted by Gasteiger charge is 2.40. The molecule has 1 atom stereocenters. The summed E-state index contributed by atoms with van der Waals surface area (Å²) < 4.78 is 5.07. The first kappa shape index (κ1) is 13.8. The van der Waals surface area contributed by atoms with E-state index in [1.807, 2.05) is 21.4 Å². The highest BCUT2D eigenvalue weighted by atomic mass is 32.1. The molecule has 1 aromatic rings. The summed E-state index contributed by atoms with van der Waals surface area (Å²) in [5.74, 6) is 0. The Bertz CT molecular complexity index is 453. The summed E-state index contributed by atoms with van der Waals surface area (Å²) in [6.07, 6.45) is 1.85. The molecule has 7 heteroatoms. The van der Waals surface area contributed by atoms with Crippen LogP contribution in [0.15, 0.2) is 11.6 Å². The van der Waals surface area contributed by atoms with Crippen LogP contribution in [-0.4, -0.2) is 78.2 Å². The van der Waals surface area contributed by atoms with Crippen LogP contribution in [0.4, 0.5) is 4.79 Å². The van der Waals surface area contributed by atoms with Crippen molar-refractivity contribution in [3.8, 4) is 0 Å². The molecule has 2 fully saturated rings. The number of carbonyl (C=O) groups is 1. The molecule has 3 heterocycles. The standard InChI is InChI=1S/C13H20N4O2S/c1-19-6-5-16-9-11-8-15(3-4-17(11)13(16)18)10-12-14-2-7-20-12/h2,7,11H,3-6,8-10H2,1H3. The van der Waals surface area contributed by atoms with Crippen LogP contribution in [0, 0.1) is 0 Å². The van der Waals surface area contributed by atoms with E-state index in [0.717, 1.165) is 37.7 Å². The van der Waals surface area contributed by atoms with E-state index in [1.54, 1.807) is 18.4 Å². The van der Waals surface area contributed by atoms with Crippen molar-refractivity contribution in [2.24, 2.45) is 0 Å². The molecule has 2 aliphatic heterocycles. The summed E-state index contributed by atoms with van der Waals surface area (Å²) in [6.45, 7) is 5.70. The van der Waals surface area contributed by atoms with Crippen LogP contribution >= 0.6 is 11.3 Å². The average molecular weight is 296 g/mol. The molecule has 110 valence electrons. The molecular weight excluding hydrogens is 276 g/mol. The number of carbonyl (C=O) groups excluding carboxylic acids is 1. The SMILES string of the molecule is COCCN1CC2CN(Cc3nccs3)CCN2C1=O. The van der Waals surface area contributed by atoms with Crippen molar-refractivity contribution in [3.05, 3.63) is 16.6 Å². The van der Waals surface area contributed by atoms with E-state index in [2.05, 4.69) is 9.88 Å². The van der Waals surface area contributed by atoms with E-state index >= 15 is 0 Å². The average Bonchev–Trinajstić information content (AvgIpc) is 3.05. The van der Waals surface area contributed by atoms with Gasteiger partial charge in [0.2, 0.25) is 0 Å².